The molecule has 7 heteroatoms. The number of nitrogens with zero attached hydrogens (tertiary/aromatic N) is 2. The van der Waals surface area contributed by atoms with E-state index in [1.54, 1.807) is 4.90 Å². The minimum Gasteiger partial charge on any atom is -0.442 e. The fourth-order valence-electron chi connectivity index (χ4n) is 2.92. The van der Waals surface area contributed by atoms with E-state index in [9.17, 15) is 4.79 Å². The van der Waals surface area contributed by atoms with Gasteiger partial charge in [0.1, 0.15) is 6.10 Å². The topological polar surface area (TPSA) is 44.8 Å². The van der Waals surface area contributed by atoms with E-state index in [1.165, 1.54) is 17.2 Å². The molecular weight excluding hydrogens is 354 g/mol. The molecule has 1 unspecified atom stereocenters. The third kappa shape index (κ3) is 4.58. The zero-order chi connectivity index (χ0) is 17.8. The first-order valence-corrected chi connectivity index (χ1v) is 10.3. The quantitative estimate of drug-likeness (QED) is 0.793. The van der Waals surface area contributed by atoms with Crippen LogP contribution in [-0.2, 0) is 4.74 Å². The van der Waals surface area contributed by atoms with E-state index in [0.29, 0.717) is 19.0 Å². The Hall–Kier alpha value is -1.47. The Balaban J connectivity index is 1.58. The summed E-state index contributed by atoms with van der Waals surface area (Å²) in [6.07, 6.45) is -0.465. The van der Waals surface area contributed by atoms with Gasteiger partial charge in [-0.1, -0.05) is 26.1 Å². The molecule has 3 rings (SSSR count). The van der Waals surface area contributed by atoms with Crippen molar-refractivity contribution in [2.24, 2.45) is 5.92 Å². The molecule has 1 aromatic carbocycles. The number of amides is 1. The minimum absolute atomic E-state index is 0.178. The molecule has 0 saturated carbocycles. The van der Waals surface area contributed by atoms with Crippen molar-refractivity contribution in [1.29, 1.82) is 0 Å². The zero-order valence-electron chi connectivity index (χ0n) is 14.7. The number of cyclic esters (lactones) is 1. The molecule has 0 bridgehead atoms. The number of carbonyl (C=O) groups is 1. The van der Waals surface area contributed by atoms with Crippen molar-refractivity contribution < 1.29 is 9.53 Å². The van der Waals surface area contributed by atoms with Crippen LogP contribution in [0.3, 0.4) is 0 Å². The van der Waals surface area contributed by atoms with E-state index in [1.807, 2.05) is 37.7 Å². The first kappa shape index (κ1) is 18.3. The Bertz CT molecular complexity index is 615. The van der Waals surface area contributed by atoms with Gasteiger partial charge in [0.05, 0.1) is 18.1 Å². The highest BCUT2D eigenvalue weighted by Crippen LogP contribution is 2.26. The number of thiocarbonyl (C=S) groups is 1. The first-order chi connectivity index (χ1) is 12.0. The molecule has 1 atom stereocenters. The van der Waals surface area contributed by atoms with Crippen LogP contribution in [-0.4, -0.2) is 54.9 Å². The van der Waals surface area contributed by atoms with Gasteiger partial charge in [-0.25, -0.2) is 4.79 Å². The Morgan fingerprint density at radius 1 is 1.28 bits per heavy atom. The highest BCUT2D eigenvalue weighted by molar-refractivity contribution is 7.99. The third-order valence-corrected chi connectivity index (χ3v) is 6.00. The summed E-state index contributed by atoms with van der Waals surface area (Å²) in [7, 11) is 0. The summed E-state index contributed by atoms with van der Waals surface area (Å²) in [4.78, 5) is 17.1. The molecule has 0 spiro atoms. The lowest BCUT2D eigenvalue weighted by Gasteiger charge is -2.28. The van der Waals surface area contributed by atoms with Gasteiger partial charge in [0.25, 0.3) is 0 Å². The largest absolute Gasteiger partial charge is 0.442 e. The van der Waals surface area contributed by atoms with Crippen LogP contribution < -0.4 is 15.1 Å². The van der Waals surface area contributed by atoms with Gasteiger partial charge in [0.2, 0.25) is 0 Å². The van der Waals surface area contributed by atoms with Gasteiger partial charge in [-0.3, -0.25) is 4.90 Å². The van der Waals surface area contributed by atoms with Gasteiger partial charge in [0, 0.05) is 41.9 Å². The summed E-state index contributed by atoms with van der Waals surface area (Å²) >= 11 is 7.27. The van der Waals surface area contributed by atoms with Crippen molar-refractivity contribution in [2.45, 2.75) is 20.0 Å². The summed E-state index contributed by atoms with van der Waals surface area (Å²) in [5, 5.41) is 3.19. The average Bonchev–Trinajstić information content (AvgIpc) is 3.01. The average molecular weight is 380 g/mol. The number of hydrogen-bond acceptors (Lipinski definition) is 5. The number of anilines is 2. The second-order valence-electron chi connectivity index (χ2n) is 6.63. The van der Waals surface area contributed by atoms with Gasteiger partial charge >= 0.3 is 6.09 Å². The third-order valence-electron chi connectivity index (χ3n) is 4.44. The number of carbonyl (C=O) groups excluding carboxylic acids is 1. The monoisotopic (exact) mass is 379 g/mol. The van der Waals surface area contributed by atoms with E-state index in [2.05, 4.69) is 22.3 Å². The predicted octanol–water partition coefficient (Wildman–Crippen LogP) is 3.14. The fourth-order valence-corrected chi connectivity index (χ4v) is 3.91. The van der Waals surface area contributed by atoms with E-state index in [0.717, 1.165) is 23.8 Å². The number of rotatable bonds is 5. The molecule has 0 aromatic heterocycles. The molecule has 2 aliphatic rings. The van der Waals surface area contributed by atoms with Crippen molar-refractivity contribution in [2.75, 3.05) is 47.5 Å². The van der Waals surface area contributed by atoms with E-state index < -0.39 is 0 Å². The second kappa shape index (κ2) is 8.27. The molecule has 25 heavy (non-hydrogen) atoms. The SMILES string of the molecule is CC(C)C(=S)NCC1CN(c2ccc(N3CCSCC3)cc2)C(=O)O1. The van der Waals surface area contributed by atoms with Crippen LogP contribution in [0.1, 0.15) is 13.8 Å². The van der Waals surface area contributed by atoms with Gasteiger partial charge in [-0.2, -0.15) is 11.8 Å². The number of ether oxygens (including phenoxy) is 1. The van der Waals surface area contributed by atoms with Crippen molar-refractivity contribution >= 4 is 46.4 Å². The molecule has 2 aliphatic heterocycles. The number of benzene rings is 1. The van der Waals surface area contributed by atoms with Crippen LogP contribution in [0.5, 0.6) is 0 Å². The molecule has 5 nitrogen and oxygen atoms in total. The molecule has 1 aromatic rings. The van der Waals surface area contributed by atoms with Crippen molar-refractivity contribution in [3.05, 3.63) is 24.3 Å². The molecule has 136 valence electrons. The lowest BCUT2D eigenvalue weighted by molar-refractivity contribution is 0.143. The van der Waals surface area contributed by atoms with Crippen LogP contribution >= 0.6 is 24.0 Å². The second-order valence-corrected chi connectivity index (χ2v) is 8.30. The zero-order valence-corrected chi connectivity index (χ0v) is 16.4. The van der Waals surface area contributed by atoms with Gasteiger partial charge < -0.3 is 15.0 Å². The highest BCUT2D eigenvalue weighted by Gasteiger charge is 2.32. The standard InChI is InChI=1S/C18H25N3O2S2/c1-13(2)17(24)19-11-16-12-21(18(22)23-16)15-5-3-14(4-6-15)20-7-9-25-10-8-20/h3-6,13,16H,7-12H2,1-2H3,(H,19,24). The van der Waals surface area contributed by atoms with Crippen LogP contribution in [0.4, 0.5) is 16.2 Å². The van der Waals surface area contributed by atoms with Gasteiger partial charge in [0.15, 0.2) is 0 Å². The lowest BCUT2D eigenvalue weighted by atomic mass is 10.2. The van der Waals surface area contributed by atoms with E-state index in [4.69, 9.17) is 17.0 Å². The number of nitrogens with one attached hydrogen (secondary N) is 1. The molecule has 2 saturated heterocycles. The molecule has 0 radical (unpaired) electrons. The van der Waals surface area contributed by atoms with Crippen molar-refractivity contribution in [3.63, 3.8) is 0 Å². The smallest absolute Gasteiger partial charge is 0.414 e. The Morgan fingerprint density at radius 2 is 1.92 bits per heavy atom. The van der Waals surface area contributed by atoms with Crippen molar-refractivity contribution in [1.82, 2.24) is 5.32 Å². The van der Waals surface area contributed by atoms with Gasteiger partial charge in [-0.05, 0) is 24.3 Å². The molecule has 1 N–H and O–H groups in total. The van der Waals surface area contributed by atoms with E-state index in [-0.39, 0.29) is 12.2 Å². The van der Waals surface area contributed by atoms with Crippen molar-refractivity contribution in [3.8, 4) is 0 Å². The Kier molecular flexibility index (Phi) is 6.06. The number of hydrogen-bond donors (Lipinski definition) is 1. The summed E-state index contributed by atoms with van der Waals surface area (Å²) in [6, 6.07) is 8.20. The molecule has 2 fully saturated rings. The lowest BCUT2D eigenvalue weighted by Crippen LogP contribution is -2.35. The fraction of sp³-hybridized carbons (Fsp3) is 0.556. The number of thioether (sulfide) groups is 1. The normalized spacial score (nSPS) is 20.8. The van der Waals surface area contributed by atoms with Crippen LogP contribution in [0, 0.1) is 5.92 Å². The molecule has 2 heterocycles. The Morgan fingerprint density at radius 3 is 2.56 bits per heavy atom. The van der Waals surface area contributed by atoms with E-state index >= 15 is 0 Å². The summed E-state index contributed by atoms with van der Waals surface area (Å²) < 4.78 is 5.46. The van der Waals surface area contributed by atoms with Crippen LogP contribution in [0.15, 0.2) is 24.3 Å². The maximum absolute atomic E-state index is 12.2. The summed E-state index contributed by atoms with van der Waals surface area (Å²) in [5.41, 5.74) is 2.10. The van der Waals surface area contributed by atoms with Crippen LogP contribution in [0.2, 0.25) is 0 Å². The Labute approximate surface area is 159 Å². The molecule has 1 amide bonds. The molecule has 0 aliphatic carbocycles. The van der Waals surface area contributed by atoms with Crippen LogP contribution in [0.25, 0.3) is 0 Å². The summed E-state index contributed by atoms with van der Waals surface area (Å²) in [6.45, 7) is 7.36. The highest BCUT2D eigenvalue weighted by atomic mass is 32.2. The molecular formula is C18H25N3O2S2. The summed E-state index contributed by atoms with van der Waals surface area (Å²) in [5.74, 6) is 2.64. The van der Waals surface area contributed by atoms with Gasteiger partial charge in [-0.15, -0.1) is 0 Å². The minimum atomic E-state index is -0.288. The first-order valence-electron chi connectivity index (χ1n) is 8.73. The predicted molar refractivity (Wildman–Crippen MR) is 109 cm³/mol. The maximum Gasteiger partial charge on any atom is 0.414 e. The maximum atomic E-state index is 12.2.